The molecule has 0 aliphatic carbocycles. The van der Waals surface area contributed by atoms with Gasteiger partial charge in [-0.05, 0) is 55.1 Å². The van der Waals surface area contributed by atoms with E-state index in [0.717, 1.165) is 48.6 Å². The summed E-state index contributed by atoms with van der Waals surface area (Å²) in [5.74, 6) is 0.209. The summed E-state index contributed by atoms with van der Waals surface area (Å²) >= 11 is 1.08. The van der Waals surface area contributed by atoms with Gasteiger partial charge in [0.2, 0.25) is 5.91 Å². The zero-order chi connectivity index (χ0) is 20.6. The molecule has 2 heterocycles. The van der Waals surface area contributed by atoms with E-state index in [2.05, 4.69) is 27.3 Å². The molecule has 0 radical (unpaired) electrons. The maximum atomic E-state index is 11.6. The van der Waals surface area contributed by atoms with Gasteiger partial charge in [0, 0.05) is 13.1 Å². The molecule has 2 unspecified atom stereocenters. The molecule has 2 aliphatic heterocycles. The SMILES string of the molecule is CC1CCCN(CCOc2ccc(C=NN=C3NC(=O)C(CC(=O)O)S3)cc2)C1. The van der Waals surface area contributed by atoms with Crippen molar-refractivity contribution in [1.82, 2.24) is 10.2 Å². The van der Waals surface area contributed by atoms with Gasteiger partial charge in [-0.2, -0.15) is 5.10 Å². The van der Waals surface area contributed by atoms with Crippen LogP contribution in [0.4, 0.5) is 0 Å². The zero-order valence-electron chi connectivity index (χ0n) is 16.4. The first-order valence-corrected chi connectivity index (χ1v) is 10.6. The highest BCUT2D eigenvalue weighted by Gasteiger charge is 2.32. The number of hydrogen-bond donors (Lipinski definition) is 2. The fraction of sp³-hybridized carbons (Fsp3) is 0.500. The van der Waals surface area contributed by atoms with Crippen molar-refractivity contribution in [3.63, 3.8) is 0 Å². The number of likely N-dealkylation sites (tertiary alicyclic amines) is 1. The predicted molar refractivity (Wildman–Crippen MR) is 114 cm³/mol. The van der Waals surface area contributed by atoms with Gasteiger partial charge in [0.1, 0.15) is 17.6 Å². The molecule has 2 atom stereocenters. The number of carboxylic acids is 1. The van der Waals surface area contributed by atoms with Gasteiger partial charge in [0.15, 0.2) is 5.17 Å². The number of benzene rings is 1. The molecule has 156 valence electrons. The lowest BCUT2D eigenvalue weighted by atomic mass is 10.0. The minimum Gasteiger partial charge on any atom is -0.492 e. The molecule has 9 heteroatoms. The third-order valence-electron chi connectivity index (χ3n) is 4.79. The first-order chi connectivity index (χ1) is 14.0. The number of ether oxygens (including phenoxy) is 1. The van der Waals surface area contributed by atoms with E-state index in [4.69, 9.17) is 9.84 Å². The monoisotopic (exact) mass is 418 g/mol. The standard InChI is InChI=1S/C20H26N4O4S/c1-14-3-2-8-24(13-14)9-10-28-16-6-4-15(5-7-16)12-21-23-20-22-19(27)17(29-20)11-18(25)26/h4-7,12,14,17H,2-3,8-11,13H2,1H3,(H,25,26)(H,22,23,27). The molecule has 0 saturated carbocycles. The van der Waals surface area contributed by atoms with Crippen LogP contribution in [0.1, 0.15) is 31.7 Å². The van der Waals surface area contributed by atoms with Crippen molar-refractivity contribution in [2.24, 2.45) is 16.1 Å². The van der Waals surface area contributed by atoms with E-state index >= 15 is 0 Å². The fourth-order valence-corrected chi connectivity index (χ4v) is 4.24. The summed E-state index contributed by atoms with van der Waals surface area (Å²) in [7, 11) is 0. The summed E-state index contributed by atoms with van der Waals surface area (Å²) in [5, 5.41) is 18.9. The molecule has 2 saturated heterocycles. The first kappa shape index (κ1) is 21.3. The van der Waals surface area contributed by atoms with E-state index in [1.54, 1.807) is 6.21 Å². The number of amides is 1. The normalized spacial score (nSPS) is 24.2. The Bertz CT molecular complexity index is 781. The van der Waals surface area contributed by atoms with Crippen LogP contribution >= 0.6 is 11.8 Å². The van der Waals surface area contributed by atoms with Gasteiger partial charge in [0.25, 0.3) is 0 Å². The van der Waals surface area contributed by atoms with E-state index in [1.165, 1.54) is 12.8 Å². The second-order valence-electron chi connectivity index (χ2n) is 7.31. The number of carbonyl (C=O) groups is 2. The lowest BCUT2D eigenvalue weighted by Crippen LogP contribution is -2.37. The van der Waals surface area contributed by atoms with E-state index < -0.39 is 11.2 Å². The summed E-state index contributed by atoms with van der Waals surface area (Å²) in [6.07, 6.45) is 3.92. The molecule has 1 aromatic rings. The topological polar surface area (TPSA) is 104 Å². The van der Waals surface area contributed by atoms with Gasteiger partial charge >= 0.3 is 5.97 Å². The molecule has 2 aliphatic rings. The highest BCUT2D eigenvalue weighted by atomic mass is 32.2. The number of nitrogens with one attached hydrogen (secondary N) is 1. The molecule has 8 nitrogen and oxygen atoms in total. The molecule has 1 amide bonds. The number of thioether (sulfide) groups is 1. The van der Waals surface area contributed by atoms with Gasteiger partial charge in [0.05, 0.1) is 12.6 Å². The van der Waals surface area contributed by atoms with E-state index in [0.29, 0.717) is 11.8 Å². The van der Waals surface area contributed by atoms with Crippen molar-refractivity contribution in [1.29, 1.82) is 0 Å². The number of rotatable bonds is 8. The van der Waals surface area contributed by atoms with E-state index in [9.17, 15) is 9.59 Å². The second-order valence-corrected chi connectivity index (χ2v) is 8.50. The van der Waals surface area contributed by atoms with Crippen molar-refractivity contribution in [3.8, 4) is 5.75 Å². The average Bonchev–Trinajstić information content (AvgIpc) is 3.02. The van der Waals surface area contributed by atoms with Crippen LogP contribution in [0.15, 0.2) is 34.5 Å². The van der Waals surface area contributed by atoms with Gasteiger partial charge in [-0.15, -0.1) is 5.10 Å². The largest absolute Gasteiger partial charge is 0.492 e. The number of amidine groups is 1. The quantitative estimate of drug-likeness (QED) is 0.495. The molecule has 2 fully saturated rings. The molecule has 0 spiro atoms. The Morgan fingerprint density at radius 2 is 2.21 bits per heavy atom. The van der Waals surface area contributed by atoms with Crippen molar-refractivity contribution < 1.29 is 19.4 Å². The maximum Gasteiger partial charge on any atom is 0.305 e. The Balaban J connectivity index is 1.43. The van der Waals surface area contributed by atoms with Crippen LogP contribution in [0.2, 0.25) is 0 Å². The van der Waals surface area contributed by atoms with Gasteiger partial charge in [-0.1, -0.05) is 18.7 Å². The summed E-state index contributed by atoms with van der Waals surface area (Å²) in [5.41, 5.74) is 0.850. The van der Waals surface area contributed by atoms with Crippen LogP contribution in [-0.2, 0) is 9.59 Å². The van der Waals surface area contributed by atoms with Gasteiger partial charge < -0.3 is 15.2 Å². The van der Waals surface area contributed by atoms with Crippen LogP contribution in [-0.4, -0.2) is 64.8 Å². The fourth-order valence-electron chi connectivity index (χ4n) is 3.33. The predicted octanol–water partition coefficient (Wildman–Crippen LogP) is 2.19. The molecule has 0 aromatic heterocycles. The summed E-state index contributed by atoms with van der Waals surface area (Å²) in [6, 6.07) is 7.55. The molecular weight excluding hydrogens is 392 g/mol. The number of carbonyl (C=O) groups excluding carboxylic acids is 1. The molecule has 3 rings (SSSR count). The third kappa shape index (κ3) is 6.86. The molecule has 0 bridgehead atoms. The summed E-state index contributed by atoms with van der Waals surface area (Å²) in [4.78, 5) is 24.8. The van der Waals surface area contributed by atoms with Crippen LogP contribution in [0.5, 0.6) is 5.75 Å². The van der Waals surface area contributed by atoms with E-state index in [-0.39, 0.29) is 12.3 Å². The Morgan fingerprint density at radius 3 is 2.93 bits per heavy atom. The van der Waals surface area contributed by atoms with E-state index in [1.807, 2.05) is 24.3 Å². The summed E-state index contributed by atoms with van der Waals surface area (Å²) < 4.78 is 5.83. The smallest absolute Gasteiger partial charge is 0.305 e. The van der Waals surface area contributed by atoms with Crippen LogP contribution in [0.3, 0.4) is 0 Å². The number of piperidine rings is 1. The van der Waals surface area contributed by atoms with Gasteiger partial charge in [-0.3, -0.25) is 14.5 Å². The minimum atomic E-state index is -1.02. The van der Waals surface area contributed by atoms with Crippen molar-refractivity contribution in [3.05, 3.63) is 29.8 Å². The molecule has 1 aromatic carbocycles. The highest BCUT2D eigenvalue weighted by molar-refractivity contribution is 8.15. The molecular formula is C20H26N4O4S. The number of carboxylic acid groups (broad SMARTS) is 1. The van der Waals surface area contributed by atoms with Crippen molar-refractivity contribution in [2.45, 2.75) is 31.4 Å². The Morgan fingerprint density at radius 1 is 1.41 bits per heavy atom. The van der Waals surface area contributed by atoms with Crippen molar-refractivity contribution >= 4 is 35.0 Å². The number of nitrogens with zero attached hydrogens (tertiary/aromatic N) is 3. The molecule has 29 heavy (non-hydrogen) atoms. The van der Waals surface area contributed by atoms with Crippen LogP contribution < -0.4 is 10.1 Å². The maximum absolute atomic E-state index is 11.6. The highest BCUT2D eigenvalue weighted by Crippen LogP contribution is 2.22. The number of hydrogen-bond acceptors (Lipinski definition) is 7. The number of aliphatic carboxylic acids is 1. The zero-order valence-corrected chi connectivity index (χ0v) is 17.2. The lowest BCUT2D eigenvalue weighted by Gasteiger charge is -2.30. The Hall–Kier alpha value is -2.39. The Kier molecular flexibility index (Phi) is 7.65. The van der Waals surface area contributed by atoms with Crippen LogP contribution in [0.25, 0.3) is 0 Å². The average molecular weight is 419 g/mol. The summed E-state index contributed by atoms with van der Waals surface area (Å²) in [6.45, 7) is 6.21. The van der Waals surface area contributed by atoms with Gasteiger partial charge in [-0.25, -0.2) is 0 Å². The van der Waals surface area contributed by atoms with Crippen molar-refractivity contribution in [2.75, 3.05) is 26.2 Å². The molecule has 2 N–H and O–H groups in total. The van der Waals surface area contributed by atoms with Crippen LogP contribution in [0, 0.1) is 5.92 Å². The first-order valence-electron chi connectivity index (χ1n) is 9.75. The second kappa shape index (κ2) is 10.4. The lowest BCUT2D eigenvalue weighted by molar-refractivity contribution is -0.138. The third-order valence-corrected chi connectivity index (χ3v) is 5.86. The minimum absolute atomic E-state index is 0.239. The Labute approximate surface area is 174 Å².